The highest BCUT2D eigenvalue weighted by Crippen LogP contribution is 2.41. The van der Waals surface area contributed by atoms with Crippen LogP contribution in [0.5, 0.6) is 0 Å². The van der Waals surface area contributed by atoms with E-state index in [0.717, 1.165) is 5.92 Å². The molecule has 0 aromatic carbocycles. The number of H-pyrrole nitrogens is 1. The molecular weight excluding hydrogens is 160 g/mol. The molecule has 1 aromatic heterocycles. The fraction of sp³-hybridized carbons (Fsp3) is 0.727. The fourth-order valence-electron chi connectivity index (χ4n) is 2.22. The molecule has 2 rings (SSSR count). The zero-order valence-electron chi connectivity index (χ0n) is 8.51. The molecule has 13 heavy (non-hydrogen) atoms. The molecule has 1 heterocycles. The molecule has 2 heteroatoms. The van der Waals surface area contributed by atoms with Crippen molar-refractivity contribution in [2.24, 2.45) is 5.41 Å². The Hall–Kier alpha value is -0.790. The summed E-state index contributed by atoms with van der Waals surface area (Å²) in [4.78, 5) is 0. The summed E-state index contributed by atoms with van der Waals surface area (Å²) in [7, 11) is 0. The Morgan fingerprint density at radius 3 is 2.62 bits per heavy atom. The molecule has 0 amide bonds. The van der Waals surface area contributed by atoms with E-state index < -0.39 is 0 Å². The summed E-state index contributed by atoms with van der Waals surface area (Å²) in [5.74, 6) is 0.756. The van der Waals surface area contributed by atoms with Crippen molar-refractivity contribution in [3.05, 3.63) is 18.0 Å². The molecule has 2 nitrogen and oxygen atoms in total. The molecule has 1 fully saturated rings. The summed E-state index contributed by atoms with van der Waals surface area (Å²) in [5.41, 5.74) is 1.97. The molecule has 1 aliphatic carbocycles. The second-order valence-corrected chi connectivity index (χ2v) is 4.97. The van der Waals surface area contributed by atoms with Gasteiger partial charge in [-0.25, -0.2) is 0 Å². The molecule has 0 radical (unpaired) electrons. The molecule has 1 aromatic rings. The molecule has 0 saturated heterocycles. The van der Waals surface area contributed by atoms with Crippen LogP contribution in [0, 0.1) is 5.41 Å². The van der Waals surface area contributed by atoms with E-state index in [1.54, 1.807) is 0 Å². The third-order valence-electron chi connectivity index (χ3n) is 3.33. The van der Waals surface area contributed by atoms with Crippen molar-refractivity contribution in [1.82, 2.24) is 10.2 Å². The number of nitrogens with one attached hydrogen (secondary N) is 1. The Kier molecular flexibility index (Phi) is 2.14. The zero-order chi connectivity index (χ0) is 9.31. The predicted octanol–water partition coefficient (Wildman–Crippen LogP) is 3.09. The highest BCUT2D eigenvalue weighted by atomic mass is 15.1. The topological polar surface area (TPSA) is 28.7 Å². The van der Waals surface area contributed by atoms with Gasteiger partial charge in [-0.05, 0) is 42.6 Å². The van der Waals surface area contributed by atoms with Gasteiger partial charge in [0.2, 0.25) is 0 Å². The third-order valence-corrected chi connectivity index (χ3v) is 3.33. The molecule has 0 aliphatic heterocycles. The van der Waals surface area contributed by atoms with Crippen LogP contribution in [0.4, 0.5) is 0 Å². The second kappa shape index (κ2) is 3.17. The lowest BCUT2D eigenvalue weighted by atomic mass is 9.72. The minimum Gasteiger partial charge on any atom is -0.285 e. The van der Waals surface area contributed by atoms with E-state index in [-0.39, 0.29) is 0 Å². The normalized spacial score (nSPS) is 23.2. The van der Waals surface area contributed by atoms with Crippen LogP contribution in [-0.2, 0) is 0 Å². The largest absolute Gasteiger partial charge is 0.285 e. The van der Waals surface area contributed by atoms with Crippen molar-refractivity contribution >= 4 is 0 Å². The van der Waals surface area contributed by atoms with Crippen molar-refractivity contribution in [1.29, 1.82) is 0 Å². The van der Waals surface area contributed by atoms with Crippen LogP contribution in [0.1, 0.15) is 51.0 Å². The van der Waals surface area contributed by atoms with Gasteiger partial charge in [0.15, 0.2) is 0 Å². The minimum absolute atomic E-state index is 0.570. The lowest BCUT2D eigenvalue weighted by Gasteiger charge is -2.33. The van der Waals surface area contributed by atoms with Gasteiger partial charge < -0.3 is 0 Å². The molecule has 0 unspecified atom stereocenters. The van der Waals surface area contributed by atoms with Crippen molar-refractivity contribution in [2.45, 2.75) is 45.4 Å². The Labute approximate surface area is 79.7 Å². The molecule has 1 N–H and O–H groups in total. The van der Waals surface area contributed by atoms with Gasteiger partial charge in [-0.15, -0.1) is 0 Å². The molecule has 72 valence electrons. The highest BCUT2D eigenvalue weighted by molar-refractivity contribution is 5.11. The smallest absolute Gasteiger partial charge is 0.0522 e. The van der Waals surface area contributed by atoms with Crippen LogP contribution in [0.15, 0.2) is 12.4 Å². The van der Waals surface area contributed by atoms with Crippen molar-refractivity contribution in [3.8, 4) is 0 Å². The molecule has 0 bridgehead atoms. The molecule has 0 spiro atoms. The van der Waals surface area contributed by atoms with E-state index in [1.165, 1.54) is 31.2 Å². The van der Waals surface area contributed by atoms with Crippen molar-refractivity contribution < 1.29 is 0 Å². The van der Waals surface area contributed by atoms with E-state index >= 15 is 0 Å². The Morgan fingerprint density at radius 2 is 2.08 bits per heavy atom. The van der Waals surface area contributed by atoms with Gasteiger partial charge in [0, 0.05) is 6.20 Å². The SMILES string of the molecule is CC1(C)CCC(c2cn[nH]c2)CC1. The summed E-state index contributed by atoms with van der Waals surface area (Å²) >= 11 is 0. The van der Waals surface area contributed by atoms with Crippen LogP contribution in [0.2, 0.25) is 0 Å². The van der Waals surface area contributed by atoms with Crippen molar-refractivity contribution in [3.63, 3.8) is 0 Å². The van der Waals surface area contributed by atoms with Gasteiger partial charge in [-0.1, -0.05) is 13.8 Å². The molecule has 1 aliphatic rings. The first-order valence-corrected chi connectivity index (χ1v) is 5.16. The van der Waals surface area contributed by atoms with Crippen molar-refractivity contribution in [2.75, 3.05) is 0 Å². The zero-order valence-corrected chi connectivity index (χ0v) is 8.51. The summed E-state index contributed by atoms with van der Waals surface area (Å²) < 4.78 is 0. The Balaban J connectivity index is 1.99. The van der Waals surface area contributed by atoms with E-state index in [9.17, 15) is 0 Å². The summed E-state index contributed by atoms with van der Waals surface area (Å²) in [6.07, 6.45) is 9.37. The number of aromatic nitrogens is 2. The number of hydrogen-bond acceptors (Lipinski definition) is 1. The van der Waals surface area contributed by atoms with Crippen LogP contribution in [-0.4, -0.2) is 10.2 Å². The summed E-state index contributed by atoms with van der Waals surface area (Å²) in [6.45, 7) is 4.75. The predicted molar refractivity (Wildman–Crippen MR) is 53.6 cm³/mol. The highest BCUT2D eigenvalue weighted by Gasteiger charge is 2.27. The molecular formula is C11H18N2. The quantitative estimate of drug-likeness (QED) is 0.703. The Morgan fingerprint density at radius 1 is 1.38 bits per heavy atom. The van der Waals surface area contributed by atoms with Gasteiger partial charge in [-0.2, -0.15) is 5.10 Å². The van der Waals surface area contributed by atoms with E-state index in [1.807, 2.05) is 12.4 Å². The van der Waals surface area contributed by atoms with Gasteiger partial charge in [0.1, 0.15) is 0 Å². The summed E-state index contributed by atoms with van der Waals surface area (Å²) in [6, 6.07) is 0. The second-order valence-electron chi connectivity index (χ2n) is 4.97. The maximum atomic E-state index is 4.01. The van der Waals surface area contributed by atoms with Crippen LogP contribution >= 0.6 is 0 Å². The summed E-state index contributed by atoms with van der Waals surface area (Å²) in [5, 5.41) is 6.91. The number of aromatic amines is 1. The number of rotatable bonds is 1. The lowest BCUT2D eigenvalue weighted by Crippen LogP contribution is -2.19. The third kappa shape index (κ3) is 1.93. The Bertz CT molecular complexity index is 252. The maximum Gasteiger partial charge on any atom is 0.0522 e. The average Bonchev–Trinajstić information content (AvgIpc) is 2.56. The average molecular weight is 178 g/mol. The fourth-order valence-corrected chi connectivity index (χ4v) is 2.22. The van der Waals surface area contributed by atoms with E-state index in [2.05, 4.69) is 24.0 Å². The van der Waals surface area contributed by atoms with Crippen LogP contribution < -0.4 is 0 Å². The first kappa shape index (κ1) is 8.79. The van der Waals surface area contributed by atoms with Gasteiger partial charge in [0.05, 0.1) is 6.20 Å². The molecule has 0 atom stereocenters. The van der Waals surface area contributed by atoms with Gasteiger partial charge >= 0.3 is 0 Å². The maximum absolute atomic E-state index is 4.01. The van der Waals surface area contributed by atoms with Crippen LogP contribution in [0.25, 0.3) is 0 Å². The first-order valence-electron chi connectivity index (χ1n) is 5.16. The van der Waals surface area contributed by atoms with Gasteiger partial charge in [-0.3, -0.25) is 5.10 Å². The number of hydrogen-bond donors (Lipinski definition) is 1. The van der Waals surface area contributed by atoms with E-state index in [0.29, 0.717) is 5.41 Å². The minimum atomic E-state index is 0.570. The van der Waals surface area contributed by atoms with Crippen LogP contribution in [0.3, 0.4) is 0 Å². The van der Waals surface area contributed by atoms with Gasteiger partial charge in [0.25, 0.3) is 0 Å². The standard InChI is InChI=1S/C11H18N2/c1-11(2)5-3-9(4-6-11)10-7-12-13-8-10/h7-9H,3-6H2,1-2H3,(H,12,13). The first-order chi connectivity index (χ1) is 6.17. The molecule has 1 saturated carbocycles. The monoisotopic (exact) mass is 178 g/mol. The van der Waals surface area contributed by atoms with E-state index in [4.69, 9.17) is 0 Å². The lowest BCUT2D eigenvalue weighted by molar-refractivity contribution is 0.224. The number of nitrogens with zero attached hydrogens (tertiary/aromatic N) is 1.